The molecular weight excluding hydrogens is 272 g/mol. The number of alkyl carbamates (subject to hydrolysis) is 1. The van der Waals surface area contributed by atoms with E-state index in [1.807, 2.05) is 30.3 Å². The molecule has 6 nitrogen and oxygen atoms in total. The van der Waals surface area contributed by atoms with E-state index in [0.29, 0.717) is 0 Å². The van der Waals surface area contributed by atoms with Crippen LogP contribution in [0.4, 0.5) is 4.79 Å². The molecular formula is C12H17ClN2O4. The van der Waals surface area contributed by atoms with E-state index in [-0.39, 0.29) is 25.4 Å². The standard InChI is InChI=1S/C12H16N2O4.ClH/c1-17-11(15)7-10(13)14-12(16)18-8-9-5-3-2-4-6-9;/h2-6,10H,7-8,13H2,1H3,(H,14,16);1H. The SMILES string of the molecule is COC(=O)CC(N)NC(=O)OCc1ccccc1.Cl. The number of ether oxygens (including phenoxy) is 2. The van der Waals surface area contributed by atoms with Crippen LogP contribution < -0.4 is 11.1 Å². The normalized spacial score (nSPS) is 10.8. The van der Waals surface area contributed by atoms with Crippen molar-refractivity contribution in [2.75, 3.05) is 7.11 Å². The predicted octanol–water partition coefficient (Wildman–Crippen LogP) is 1.18. The van der Waals surface area contributed by atoms with Gasteiger partial charge in [0, 0.05) is 0 Å². The van der Waals surface area contributed by atoms with Gasteiger partial charge in [-0.3, -0.25) is 4.79 Å². The van der Waals surface area contributed by atoms with E-state index < -0.39 is 18.2 Å². The zero-order chi connectivity index (χ0) is 13.4. The summed E-state index contributed by atoms with van der Waals surface area (Å²) in [6, 6.07) is 9.23. The number of hydrogen-bond acceptors (Lipinski definition) is 5. The Morgan fingerprint density at radius 2 is 1.95 bits per heavy atom. The molecule has 106 valence electrons. The lowest BCUT2D eigenvalue weighted by Crippen LogP contribution is -2.43. The lowest BCUT2D eigenvalue weighted by atomic mass is 10.2. The summed E-state index contributed by atoms with van der Waals surface area (Å²) in [5.41, 5.74) is 6.38. The maximum atomic E-state index is 11.3. The fourth-order valence-corrected chi connectivity index (χ4v) is 1.23. The van der Waals surface area contributed by atoms with Crippen molar-refractivity contribution in [2.45, 2.75) is 19.2 Å². The third-order valence-corrected chi connectivity index (χ3v) is 2.13. The van der Waals surface area contributed by atoms with Gasteiger partial charge in [-0.2, -0.15) is 0 Å². The Kier molecular flexibility index (Phi) is 8.32. The molecule has 0 saturated heterocycles. The van der Waals surface area contributed by atoms with E-state index in [9.17, 15) is 9.59 Å². The average molecular weight is 289 g/mol. The molecule has 0 aliphatic carbocycles. The largest absolute Gasteiger partial charge is 0.469 e. The fraction of sp³-hybridized carbons (Fsp3) is 0.333. The van der Waals surface area contributed by atoms with E-state index >= 15 is 0 Å². The third-order valence-electron chi connectivity index (χ3n) is 2.13. The Labute approximate surface area is 117 Å². The van der Waals surface area contributed by atoms with Crippen molar-refractivity contribution in [2.24, 2.45) is 5.73 Å². The molecule has 0 radical (unpaired) electrons. The van der Waals surface area contributed by atoms with Crippen LogP contribution in [-0.2, 0) is 20.9 Å². The summed E-state index contributed by atoms with van der Waals surface area (Å²) in [5, 5.41) is 2.33. The van der Waals surface area contributed by atoms with Crippen LogP contribution in [0.2, 0.25) is 0 Å². The Balaban J connectivity index is 0.00000324. The Hall–Kier alpha value is -1.79. The summed E-state index contributed by atoms with van der Waals surface area (Å²) >= 11 is 0. The number of rotatable bonds is 5. The first-order valence-corrected chi connectivity index (χ1v) is 5.41. The molecule has 19 heavy (non-hydrogen) atoms. The van der Waals surface area contributed by atoms with E-state index in [1.165, 1.54) is 7.11 Å². The highest BCUT2D eigenvalue weighted by atomic mass is 35.5. The van der Waals surface area contributed by atoms with Crippen molar-refractivity contribution in [1.82, 2.24) is 5.32 Å². The number of halogens is 1. The van der Waals surface area contributed by atoms with E-state index in [4.69, 9.17) is 10.5 Å². The van der Waals surface area contributed by atoms with Crippen LogP contribution in [0.1, 0.15) is 12.0 Å². The lowest BCUT2D eigenvalue weighted by Gasteiger charge is -2.12. The van der Waals surface area contributed by atoms with Crippen LogP contribution in [-0.4, -0.2) is 25.3 Å². The molecule has 1 aromatic carbocycles. The molecule has 0 aliphatic heterocycles. The second kappa shape index (κ2) is 9.18. The predicted molar refractivity (Wildman–Crippen MR) is 71.6 cm³/mol. The first-order valence-electron chi connectivity index (χ1n) is 5.41. The number of methoxy groups -OCH3 is 1. The summed E-state index contributed by atoms with van der Waals surface area (Å²) in [7, 11) is 1.25. The number of benzene rings is 1. The zero-order valence-corrected chi connectivity index (χ0v) is 11.3. The summed E-state index contributed by atoms with van der Waals surface area (Å²) in [6.07, 6.45) is -1.59. The second-order valence-corrected chi connectivity index (χ2v) is 3.59. The zero-order valence-electron chi connectivity index (χ0n) is 10.5. The topological polar surface area (TPSA) is 90.6 Å². The van der Waals surface area contributed by atoms with Crippen molar-refractivity contribution in [3.05, 3.63) is 35.9 Å². The van der Waals surface area contributed by atoms with Crippen molar-refractivity contribution >= 4 is 24.5 Å². The molecule has 0 saturated carbocycles. The van der Waals surface area contributed by atoms with Crippen LogP contribution in [0, 0.1) is 0 Å². The lowest BCUT2D eigenvalue weighted by molar-refractivity contribution is -0.141. The molecule has 1 unspecified atom stereocenters. The average Bonchev–Trinajstić information content (AvgIpc) is 2.37. The van der Waals surface area contributed by atoms with Crippen molar-refractivity contribution in [3.8, 4) is 0 Å². The second-order valence-electron chi connectivity index (χ2n) is 3.59. The highest BCUT2D eigenvalue weighted by Gasteiger charge is 2.13. The number of hydrogen-bond donors (Lipinski definition) is 2. The van der Waals surface area contributed by atoms with Crippen molar-refractivity contribution in [3.63, 3.8) is 0 Å². The summed E-state index contributed by atoms with van der Waals surface area (Å²) in [5.74, 6) is -0.495. The van der Waals surface area contributed by atoms with Crippen LogP contribution in [0.3, 0.4) is 0 Å². The van der Waals surface area contributed by atoms with Gasteiger partial charge in [0.25, 0.3) is 0 Å². The van der Waals surface area contributed by atoms with Crippen LogP contribution >= 0.6 is 12.4 Å². The van der Waals surface area contributed by atoms with Gasteiger partial charge < -0.3 is 20.5 Å². The Bertz CT molecular complexity index is 400. The molecule has 1 atom stereocenters. The van der Waals surface area contributed by atoms with Crippen LogP contribution in [0.15, 0.2) is 30.3 Å². The van der Waals surface area contributed by atoms with Crippen molar-refractivity contribution < 1.29 is 19.1 Å². The highest BCUT2D eigenvalue weighted by molar-refractivity contribution is 5.85. The number of carbonyl (C=O) groups excluding carboxylic acids is 2. The summed E-state index contributed by atoms with van der Waals surface area (Å²) in [4.78, 5) is 22.2. The quantitative estimate of drug-likeness (QED) is 0.627. The van der Waals surface area contributed by atoms with Gasteiger partial charge in [-0.1, -0.05) is 30.3 Å². The Morgan fingerprint density at radius 1 is 1.32 bits per heavy atom. The maximum absolute atomic E-state index is 11.3. The summed E-state index contributed by atoms with van der Waals surface area (Å²) < 4.78 is 9.35. The first kappa shape index (κ1) is 17.2. The molecule has 1 amide bonds. The minimum atomic E-state index is -0.819. The fourth-order valence-electron chi connectivity index (χ4n) is 1.23. The van der Waals surface area contributed by atoms with Gasteiger partial charge in [0.2, 0.25) is 0 Å². The Morgan fingerprint density at radius 3 is 2.53 bits per heavy atom. The first-order chi connectivity index (χ1) is 8.61. The maximum Gasteiger partial charge on any atom is 0.408 e. The van der Waals surface area contributed by atoms with Gasteiger partial charge in [-0.25, -0.2) is 4.79 Å². The number of nitrogens with one attached hydrogen (secondary N) is 1. The van der Waals surface area contributed by atoms with Crippen LogP contribution in [0.5, 0.6) is 0 Å². The smallest absolute Gasteiger partial charge is 0.408 e. The molecule has 0 fully saturated rings. The van der Waals surface area contributed by atoms with Gasteiger partial charge in [-0.05, 0) is 5.56 Å². The molecule has 0 heterocycles. The van der Waals surface area contributed by atoms with Gasteiger partial charge in [0.15, 0.2) is 0 Å². The van der Waals surface area contributed by atoms with Crippen LogP contribution in [0.25, 0.3) is 0 Å². The third kappa shape index (κ3) is 7.28. The molecule has 0 aliphatic rings. The molecule has 0 spiro atoms. The van der Waals surface area contributed by atoms with Gasteiger partial charge >= 0.3 is 12.1 Å². The molecule has 0 aromatic heterocycles. The molecule has 1 aromatic rings. The highest BCUT2D eigenvalue weighted by Crippen LogP contribution is 2.00. The molecule has 1 rings (SSSR count). The number of amides is 1. The van der Waals surface area contributed by atoms with E-state index in [2.05, 4.69) is 10.1 Å². The number of esters is 1. The monoisotopic (exact) mass is 288 g/mol. The molecule has 0 bridgehead atoms. The summed E-state index contributed by atoms with van der Waals surface area (Å²) in [6.45, 7) is 0.150. The molecule has 3 N–H and O–H groups in total. The van der Waals surface area contributed by atoms with Gasteiger partial charge in [0.1, 0.15) is 6.61 Å². The van der Waals surface area contributed by atoms with E-state index in [0.717, 1.165) is 5.56 Å². The van der Waals surface area contributed by atoms with Gasteiger partial charge in [-0.15, -0.1) is 12.4 Å². The minimum Gasteiger partial charge on any atom is -0.469 e. The minimum absolute atomic E-state index is 0. The van der Waals surface area contributed by atoms with Crippen molar-refractivity contribution in [1.29, 1.82) is 0 Å². The number of carbonyl (C=O) groups is 2. The van der Waals surface area contributed by atoms with E-state index in [1.54, 1.807) is 0 Å². The molecule has 7 heteroatoms. The van der Waals surface area contributed by atoms with Gasteiger partial charge in [0.05, 0.1) is 19.7 Å². The number of nitrogens with two attached hydrogens (primary N) is 1.